The van der Waals surface area contributed by atoms with Crippen LogP contribution < -0.4 is 0 Å². The first-order valence-electron chi connectivity index (χ1n) is 5.74. The van der Waals surface area contributed by atoms with Gasteiger partial charge in [-0.05, 0) is 12.1 Å². The van der Waals surface area contributed by atoms with Gasteiger partial charge in [0.1, 0.15) is 11.5 Å². The molecule has 0 unspecified atom stereocenters. The number of rotatable bonds is 2. The number of hydrogen-bond acceptors (Lipinski definition) is 3. The number of aromatic amines is 1. The standard InChI is InChI=1S/C13H16N4O/c1-13(2,3)17(18)9-11-8-15-12(16-11)10-4-6-14-7-5-10/h4-9H,1-3H3,(H,15,16). The van der Waals surface area contributed by atoms with Gasteiger partial charge in [-0.25, -0.2) is 9.72 Å². The van der Waals surface area contributed by atoms with Crippen molar-refractivity contribution in [2.45, 2.75) is 26.3 Å². The number of hydroxylamine groups is 1. The van der Waals surface area contributed by atoms with Gasteiger partial charge in [-0.2, -0.15) is 0 Å². The summed E-state index contributed by atoms with van der Waals surface area (Å²) in [6.45, 7) is 5.56. The van der Waals surface area contributed by atoms with Gasteiger partial charge in [0.15, 0.2) is 5.54 Å². The summed E-state index contributed by atoms with van der Waals surface area (Å²) >= 11 is 0. The molecule has 2 heterocycles. The van der Waals surface area contributed by atoms with Crippen molar-refractivity contribution in [3.63, 3.8) is 0 Å². The smallest absolute Gasteiger partial charge is 0.202 e. The molecule has 1 N–H and O–H groups in total. The zero-order chi connectivity index (χ0) is 13.2. The maximum atomic E-state index is 11.8. The zero-order valence-electron chi connectivity index (χ0n) is 10.7. The number of aromatic nitrogens is 3. The van der Waals surface area contributed by atoms with E-state index in [-0.39, 0.29) is 0 Å². The van der Waals surface area contributed by atoms with E-state index in [0.29, 0.717) is 5.69 Å². The molecule has 0 saturated carbocycles. The lowest BCUT2D eigenvalue weighted by Crippen LogP contribution is -2.29. The molecule has 2 aromatic heterocycles. The average molecular weight is 244 g/mol. The lowest BCUT2D eigenvalue weighted by molar-refractivity contribution is -0.530. The van der Waals surface area contributed by atoms with Gasteiger partial charge in [-0.15, -0.1) is 0 Å². The molecular weight excluding hydrogens is 228 g/mol. The lowest BCUT2D eigenvalue weighted by atomic mass is 10.1. The average Bonchev–Trinajstić information content (AvgIpc) is 2.77. The molecule has 0 aliphatic rings. The third-order valence-electron chi connectivity index (χ3n) is 2.46. The van der Waals surface area contributed by atoms with Crippen LogP contribution >= 0.6 is 0 Å². The zero-order valence-corrected chi connectivity index (χ0v) is 10.7. The molecule has 0 bridgehead atoms. The van der Waals surface area contributed by atoms with E-state index >= 15 is 0 Å². The Labute approximate surface area is 106 Å². The molecule has 5 heteroatoms. The van der Waals surface area contributed by atoms with Crippen LogP contribution in [0.5, 0.6) is 0 Å². The second-order valence-corrected chi connectivity index (χ2v) is 5.04. The van der Waals surface area contributed by atoms with E-state index in [2.05, 4.69) is 15.0 Å². The predicted molar refractivity (Wildman–Crippen MR) is 70.4 cm³/mol. The summed E-state index contributed by atoms with van der Waals surface area (Å²) in [5.41, 5.74) is 1.10. The lowest BCUT2D eigenvalue weighted by Gasteiger charge is -2.17. The van der Waals surface area contributed by atoms with Gasteiger partial charge < -0.3 is 10.2 Å². The van der Waals surface area contributed by atoms with Crippen molar-refractivity contribution >= 4 is 6.21 Å². The van der Waals surface area contributed by atoms with Crippen molar-refractivity contribution in [1.29, 1.82) is 0 Å². The molecule has 0 saturated heterocycles. The minimum absolute atomic E-state index is 0.463. The third-order valence-corrected chi connectivity index (χ3v) is 2.46. The van der Waals surface area contributed by atoms with E-state index in [0.717, 1.165) is 16.1 Å². The molecule has 2 aromatic rings. The molecule has 0 aliphatic heterocycles. The van der Waals surface area contributed by atoms with Gasteiger partial charge in [-0.1, -0.05) is 0 Å². The molecule has 0 radical (unpaired) electrons. The van der Waals surface area contributed by atoms with Crippen molar-refractivity contribution in [2.75, 3.05) is 0 Å². The van der Waals surface area contributed by atoms with Gasteiger partial charge >= 0.3 is 0 Å². The van der Waals surface area contributed by atoms with Crippen molar-refractivity contribution in [1.82, 2.24) is 15.0 Å². The van der Waals surface area contributed by atoms with Crippen molar-refractivity contribution in [2.24, 2.45) is 0 Å². The summed E-state index contributed by atoms with van der Waals surface area (Å²) in [6, 6.07) is 3.72. The summed E-state index contributed by atoms with van der Waals surface area (Å²) in [6.07, 6.45) is 6.61. The number of pyridine rings is 1. The highest BCUT2D eigenvalue weighted by atomic mass is 16.5. The molecule has 2 rings (SSSR count). The van der Waals surface area contributed by atoms with Gasteiger partial charge in [0, 0.05) is 44.9 Å². The normalized spacial score (nSPS) is 12.7. The molecule has 5 nitrogen and oxygen atoms in total. The van der Waals surface area contributed by atoms with Crippen molar-refractivity contribution in [3.8, 4) is 11.4 Å². The highest BCUT2D eigenvalue weighted by molar-refractivity contribution is 5.74. The summed E-state index contributed by atoms with van der Waals surface area (Å²) in [5, 5.41) is 11.8. The highest BCUT2D eigenvalue weighted by Crippen LogP contribution is 2.13. The number of hydrogen-bond donors (Lipinski definition) is 1. The Bertz CT molecular complexity index is 552. The third kappa shape index (κ3) is 2.74. The van der Waals surface area contributed by atoms with E-state index in [1.807, 2.05) is 32.9 Å². The monoisotopic (exact) mass is 244 g/mol. The van der Waals surface area contributed by atoms with Crippen LogP contribution in [0, 0.1) is 5.21 Å². The van der Waals surface area contributed by atoms with Crippen LogP contribution in [0.1, 0.15) is 26.5 Å². The van der Waals surface area contributed by atoms with Crippen molar-refractivity contribution < 1.29 is 4.74 Å². The minimum atomic E-state index is -0.463. The van der Waals surface area contributed by atoms with Crippen molar-refractivity contribution in [3.05, 3.63) is 41.6 Å². The van der Waals surface area contributed by atoms with Gasteiger partial charge in [0.05, 0.1) is 0 Å². The van der Waals surface area contributed by atoms with Crippen LogP contribution in [-0.4, -0.2) is 31.4 Å². The van der Waals surface area contributed by atoms with E-state index in [9.17, 15) is 5.21 Å². The molecule has 0 fully saturated rings. The molecule has 0 aromatic carbocycles. The van der Waals surface area contributed by atoms with Crippen LogP contribution in [0.4, 0.5) is 0 Å². The van der Waals surface area contributed by atoms with Crippen LogP contribution in [0.25, 0.3) is 11.4 Å². The van der Waals surface area contributed by atoms with Crippen LogP contribution in [0.3, 0.4) is 0 Å². The number of H-pyrrole nitrogens is 1. The van der Waals surface area contributed by atoms with Gasteiger partial charge in [0.25, 0.3) is 0 Å². The molecule has 0 aliphatic carbocycles. The number of nitrogens with zero attached hydrogens (tertiary/aromatic N) is 3. The Morgan fingerprint density at radius 3 is 2.56 bits per heavy atom. The first kappa shape index (κ1) is 12.3. The molecular formula is C13H16N4O. The Balaban J connectivity index is 2.27. The van der Waals surface area contributed by atoms with E-state index in [1.54, 1.807) is 18.6 Å². The maximum absolute atomic E-state index is 11.8. The second kappa shape index (κ2) is 4.60. The molecule has 18 heavy (non-hydrogen) atoms. The van der Waals surface area contributed by atoms with Crippen LogP contribution in [-0.2, 0) is 0 Å². The quantitative estimate of drug-likeness (QED) is 0.381. The van der Waals surface area contributed by atoms with Gasteiger partial charge in [0.2, 0.25) is 6.21 Å². The minimum Gasteiger partial charge on any atom is -0.623 e. The molecule has 0 spiro atoms. The van der Waals surface area contributed by atoms with Gasteiger partial charge in [-0.3, -0.25) is 4.98 Å². The predicted octanol–water partition coefficient (Wildman–Crippen LogP) is 2.20. The topological polar surface area (TPSA) is 67.6 Å². The number of imidazole rings is 1. The fourth-order valence-corrected chi connectivity index (χ4v) is 1.37. The molecule has 94 valence electrons. The highest BCUT2D eigenvalue weighted by Gasteiger charge is 2.18. The Morgan fingerprint density at radius 1 is 1.28 bits per heavy atom. The van der Waals surface area contributed by atoms with Crippen LogP contribution in [0.15, 0.2) is 30.7 Å². The Morgan fingerprint density at radius 2 is 1.94 bits per heavy atom. The SMILES string of the molecule is CC(C)(C)[N+]([O-])=Cc1c[nH]c(-c2ccncc2)n1. The first-order valence-corrected chi connectivity index (χ1v) is 5.74. The molecule has 0 atom stereocenters. The maximum Gasteiger partial charge on any atom is 0.202 e. The fraction of sp³-hybridized carbons (Fsp3) is 0.308. The van der Waals surface area contributed by atoms with E-state index in [1.165, 1.54) is 6.21 Å². The second-order valence-electron chi connectivity index (χ2n) is 5.04. The Kier molecular flexibility index (Phi) is 3.14. The summed E-state index contributed by atoms with van der Waals surface area (Å²) < 4.78 is 0.902. The summed E-state index contributed by atoms with van der Waals surface area (Å²) in [7, 11) is 0. The number of nitrogens with one attached hydrogen (secondary N) is 1. The largest absolute Gasteiger partial charge is 0.623 e. The summed E-state index contributed by atoms with van der Waals surface area (Å²) in [4.78, 5) is 11.3. The van der Waals surface area contributed by atoms with Crippen LogP contribution in [0.2, 0.25) is 0 Å². The fourth-order valence-electron chi connectivity index (χ4n) is 1.37. The summed E-state index contributed by atoms with van der Waals surface area (Å²) in [5.74, 6) is 0.728. The Hall–Kier alpha value is -2.17. The molecule has 0 amide bonds. The first-order chi connectivity index (χ1) is 8.47. The van der Waals surface area contributed by atoms with E-state index in [4.69, 9.17) is 0 Å². The van der Waals surface area contributed by atoms with E-state index < -0.39 is 5.54 Å².